The number of ether oxygens (including phenoxy) is 1. The summed E-state index contributed by atoms with van der Waals surface area (Å²) in [6.45, 7) is 2.18. The maximum atomic E-state index is 11.9. The molecule has 1 aliphatic carbocycles. The van der Waals surface area contributed by atoms with Crippen LogP contribution in [0.1, 0.15) is 64.7 Å². The molecule has 0 spiro atoms. The van der Waals surface area contributed by atoms with Crippen molar-refractivity contribution in [3.05, 3.63) is 12.2 Å². The average Bonchev–Trinajstić information content (AvgIpc) is 2.79. The summed E-state index contributed by atoms with van der Waals surface area (Å²) in [5.74, 6) is -0.133. The van der Waals surface area contributed by atoms with Crippen LogP contribution in [0.3, 0.4) is 0 Å². The molecule has 2 unspecified atom stereocenters. The van der Waals surface area contributed by atoms with Gasteiger partial charge in [0.25, 0.3) is 0 Å². The number of rotatable bonds is 7. The number of nitrogens with one attached hydrogen (secondary N) is 1. The minimum absolute atomic E-state index is 0.0288. The number of fused-ring (bicyclic) bond motifs is 1. The number of hydrogen-bond acceptors (Lipinski definition) is 3. The molecule has 4 heteroatoms. The van der Waals surface area contributed by atoms with Crippen LogP contribution >= 0.6 is 0 Å². The SMILES string of the molecule is CCCCC/C=C/CC(=O)N[C@H]1C(=O)OC2CCCCC21. The molecule has 0 aromatic carbocycles. The van der Waals surface area contributed by atoms with Gasteiger partial charge in [0.2, 0.25) is 5.91 Å². The third-order valence-corrected chi connectivity index (χ3v) is 4.46. The van der Waals surface area contributed by atoms with E-state index >= 15 is 0 Å². The van der Waals surface area contributed by atoms with Crippen molar-refractivity contribution in [1.82, 2.24) is 5.32 Å². The molecule has 1 saturated carbocycles. The van der Waals surface area contributed by atoms with Gasteiger partial charge in [0.1, 0.15) is 12.1 Å². The Balaban J connectivity index is 1.73. The lowest BCUT2D eigenvalue weighted by Crippen LogP contribution is -2.43. The van der Waals surface area contributed by atoms with Crippen molar-refractivity contribution in [1.29, 1.82) is 0 Å². The van der Waals surface area contributed by atoms with Crippen LogP contribution in [0.2, 0.25) is 0 Å². The van der Waals surface area contributed by atoms with E-state index in [0.717, 1.165) is 32.1 Å². The van der Waals surface area contributed by atoms with E-state index < -0.39 is 6.04 Å². The first-order valence-electron chi connectivity index (χ1n) is 8.37. The highest BCUT2D eigenvalue weighted by Gasteiger charge is 2.45. The molecule has 0 aromatic rings. The fourth-order valence-corrected chi connectivity index (χ4v) is 3.27. The second-order valence-corrected chi connectivity index (χ2v) is 6.14. The molecule has 4 nitrogen and oxygen atoms in total. The van der Waals surface area contributed by atoms with Gasteiger partial charge in [-0.25, -0.2) is 4.79 Å². The summed E-state index contributed by atoms with van der Waals surface area (Å²) in [5.41, 5.74) is 0. The number of carbonyl (C=O) groups is 2. The molecule has 118 valence electrons. The van der Waals surface area contributed by atoms with Crippen molar-refractivity contribution < 1.29 is 14.3 Å². The highest BCUT2D eigenvalue weighted by Crippen LogP contribution is 2.35. The summed E-state index contributed by atoms with van der Waals surface area (Å²) in [5, 5.41) is 2.87. The molecular weight excluding hydrogens is 266 g/mol. The van der Waals surface area contributed by atoms with Crippen LogP contribution in [0.4, 0.5) is 0 Å². The molecule has 1 amide bonds. The molecule has 0 radical (unpaired) electrons. The topological polar surface area (TPSA) is 55.4 Å². The van der Waals surface area contributed by atoms with Gasteiger partial charge in [0, 0.05) is 12.3 Å². The van der Waals surface area contributed by atoms with Crippen LogP contribution in [0.25, 0.3) is 0 Å². The molecule has 2 aliphatic rings. The smallest absolute Gasteiger partial charge is 0.329 e. The van der Waals surface area contributed by atoms with Crippen LogP contribution in [-0.4, -0.2) is 24.0 Å². The minimum Gasteiger partial charge on any atom is -0.460 e. The molecule has 1 saturated heterocycles. The van der Waals surface area contributed by atoms with Gasteiger partial charge in [-0.05, 0) is 32.1 Å². The van der Waals surface area contributed by atoms with Gasteiger partial charge in [0.15, 0.2) is 0 Å². The molecule has 2 rings (SSSR count). The molecule has 0 aromatic heterocycles. The van der Waals surface area contributed by atoms with Crippen molar-refractivity contribution >= 4 is 11.9 Å². The van der Waals surface area contributed by atoms with Crippen molar-refractivity contribution in [2.75, 3.05) is 0 Å². The number of hydrogen-bond donors (Lipinski definition) is 1. The third-order valence-electron chi connectivity index (χ3n) is 4.46. The summed E-state index contributed by atoms with van der Waals surface area (Å²) in [4.78, 5) is 23.8. The Hall–Kier alpha value is -1.32. The van der Waals surface area contributed by atoms with Gasteiger partial charge in [-0.3, -0.25) is 4.79 Å². The van der Waals surface area contributed by atoms with Gasteiger partial charge in [-0.2, -0.15) is 0 Å². The molecular formula is C17H27NO3. The van der Waals surface area contributed by atoms with Crippen LogP contribution in [-0.2, 0) is 14.3 Å². The predicted molar refractivity (Wildman–Crippen MR) is 81.7 cm³/mol. The lowest BCUT2D eigenvalue weighted by Gasteiger charge is -2.25. The fraction of sp³-hybridized carbons (Fsp3) is 0.765. The zero-order valence-electron chi connectivity index (χ0n) is 13.0. The lowest BCUT2D eigenvalue weighted by atomic mass is 9.83. The van der Waals surface area contributed by atoms with Crippen molar-refractivity contribution in [2.45, 2.75) is 76.9 Å². The van der Waals surface area contributed by atoms with E-state index in [1.54, 1.807) is 0 Å². The van der Waals surface area contributed by atoms with E-state index in [1.165, 1.54) is 19.3 Å². The summed E-state index contributed by atoms with van der Waals surface area (Å²) < 4.78 is 5.38. The number of esters is 1. The van der Waals surface area contributed by atoms with Crippen LogP contribution in [0.15, 0.2) is 12.2 Å². The summed E-state index contributed by atoms with van der Waals surface area (Å²) >= 11 is 0. The molecule has 1 heterocycles. The zero-order chi connectivity index (χ0) is 15.1. The van der Waals surface area contributed by atoms with Crippen LogP contribution in [0.5, 0.6) is 0 Å². The molecule has 21 heavy (non-hydrogen) atoms. The van der Waals surface area contributed by atoms with Crippen molar-refractivity contribution in [3.8, 4) is 0 Å². The third kappa shape index (κ3) is 4.58. The minimum atomic E-state index is -0.420. The second kappa shape index (κ2) is 8.20. The number of allylic oxidation sites excluding steroid dienone is 1. The van der Waals surface area contributed by atoms with E-state index in [2.05, 4.69) is 18.3 Å². The first-order chi connectivity index (χ1) is 10.2. The highest BCUT2D eigenvalue weighted by molar-refractivity contribution is 5.86. The van der Waals surface area contributed by atoms with Gasteiger partial charge in [0.05, 0.1) is 0 Å². The second-order valence-electron chi connectivity index (χ2n) is 6.14. The number of amides is 1. The normalized spacial score (nSPS) is 28.4. The Morgan fingerprint density at radius 2 is 2.10 bits per heavy atom. The molecule has 1 N–H and O–H groups in total. The number of unbranched alkanes of at least 4 members (excludes halogenated alkanes) is 3. The Morgan fingerprint density at radius 3 is 2.90 bits per heavy atom. The first kappa shape index (κ1) is 16.1. The first-order valence-corrected chi connectivity index (χ1v) is 8.37. The van der Waals surface area contributed by atoms with Gasteiger partial charge < -0.3 is 10.1 Å². The Labute approximate surface area is 127 Å². The van der Waals surface area contributed by atoms with E-state index in [0.29, 0.717) is 6.42 Å². The summed E-state index contributed by atoms with van der Waals surface area (Å²) in [6, 6.07) is -0.420. The monoisotopic (exact) mass is 293 g/mol. The quantitative estimate of drug-likeness (QED) is 0.446. The Kier molecular flexibility index (Phi) is 6.27. The highest BCUT2D eigenvalue weighted by atomic mass is 16.6. The molecule has 2 fully saturated rings. The van der Waals surface area contributed by atoms with Crippen LogP contribution in [0, 0.1) is 5.92 Å². The van der Waals surface area contributed by atoms with E-state index in [4.69, 9.17) is 4.74 Å². The van der Waals surface area contributed by atoms with E-state index in [9.17, 15) is 9.59 Å². The van der Waals surface area contributed by atoms with Gasteiger partial charge in [-0.1, -0.05) is 38.3 Å². The molecule has 0 bridgehead atoms. The van der Waals surface area contributed by atoms with Gasteiger partial charge >= 0.3 is 5.97 Å². The summed E-state index contributed by atoms with van der Waals surface area (Å²) in [6.07, 6.45) is 13.2. The largest absolute Gasteiger partial charge is 0.460 e. The fourth-order valence-electron chi connectivity index (χ4n) is 3.27. The lowest BCUT2D eigenvalue weighted by molar-refractivity contribution is -0.144. The van der Waals surface area contributed by atoms with Crippen LogP contribution < -0.4 is 5.32 Å². The number of carbonyl (C=O) groups excluding carboxylic acids is 2. The standard InChI is InChI=1S/C17H27NO3/c1-2-3-4-5-6-7-12-15(19)18-16-13-10-8-9-11-14(13)21-17(16)20/h6-7,13-14,16H,2-5,8-12H2,1H3,(H,18,19)/b7-6+/t13?,14?,16-/m1/s1. The predicted octanol–water partition coefficient (Wildman–Crippen LogP) is 3.11. The van der Waals surface area contributed by atoms with Crippen molar-refractivity contribution in [3.63, 3.8) is 0 Å². The van der Waals surface area contributed by atoms with Crippen molar-refractivity contribution in [2.24, 2.45) is 5.92 Å². The Morgan fingerprint density at radius 1 is 1.29 bits per heavy atom. The molecule has 3 atom stereocenters. The van der Waals surface area contributed by atoms with E-state index in [1.807, 2.05) is 6.08 Å². The summed E-state index contributed by atoms with van der Waals surface area (Å²) in [7, 11) is 0. The molecule has 1 aliphatic heterocycles. The zero-order valence-corrected chi connectivity index (χ0v) is 13.0. The maximum Gasteiger partial charge on any atom is 0.329 e. The van der Waals surface area contributed by atoms with E-state index in [-0.39, 0.29) is 23.9 Å². The Bertz CT molecular complexity index is 391. The maximum absolute atomic E-state index is 11.9. The van der Waals surface area contributed by atoms with Gasteiger partial charge in [-0.15, -0.1) is 0 Å². The average molecular weight is 293 g/mol.